The minimum atomic E-state index is -0.907. The first kappa shape index (κ1) is 13.1. The summed E-state index contributed by atoms with van der Waals surface area (Å²) in [5, 5.41) is 3.19. The minimum Gasteiger partial charge on any atom is -0.493 e. The molecule has 5 heteroatoms. The highest BCUT2D eigenvalue weighted by molar-refractivity contribution is 5.49. The summed E-state index contributed by atoms with van der Waals surface area (Å²) in [4.78, 5) is 0. The Balaban J connectivity index is 2.51. The van der Waals surface area contributed by atoms with Crippen molar-refractivity contribution in [1.29, 1.82) is 0 Å². The quantitative estimate of drug-likeness (QED) is 0.903. The summed E-state index contributed by atoms with van der Waals surface area (Å²) in [5.74, 6) is -1.27. The molecule has 1 aliphatic rings. The van der Waals surface area contributed by atoms with Gasteiger partial charge in [0, 0.05) is 12.1 Å². The maximum absolute atomic E-state index is 14.0. The third-order valence-corrected chi connectivity index (χ3v) is 3.26. The van der Waals surface area contributed by atoms with Gasteiger partial charge in [-0.25, -0.2) is 8.78 Å². The van der Waals surface area contributed by atoms with Gasteiger partial charge in [-0.05, 0) is 19.4 Å². The predicted molar refractivity (Wildman–Crippen MR) is 64.1 cm³/mol. The number of piperidine rings is 1. The summed E-state index contributed by atoms with van der Waals surface area (Å²) >= 11 is 0. The number of ether oxygens (including phenoxy) is 2. The number of hydrogen-bond acceptors (Lipinski definition) is 3. The fourth-order valence-electron chi connectivity index (χ4n) is 2.38. The molecule has 0 spiro atoms. The molecule has 1 N–H and O–H groups in total. The number of methoxy groups -OCH3 is 2. The van der Waals surface area contributed by atoms with E-state index in [4.69, 9.17) is 9.47 Å². The second-order valence-electron chi connectivity index (χ2n) is 4.32. The Morgan fingerprint density at radius 3 is 2.56 bits per heavy atom. The van der Waals surface area contributed by atoms with Gasteiger partial charge in [-0.2, -0.15) is 0 Å². The number of halogens is 2. The second kappa shape index (κ2) is 5.52. The molecular weight excluding hydrogens is 240 g/mol. The molecule has 1 aromatic carbocycles. The van der Waals surface area contributed by atoms with Crippen LogP contribution in [0.5, 0.6) is 11.5 Å². The topological polar surface area (TPSA) is 30.5 Å². The summed E-state index contributed by atoms with van der Waals surface area (Å²) in [5.41, 5.74) is 0.231. The predicted octanol–water partition coefficient (Wildman–Crippen LogP) is 2.80. The van der Waals surface area contributed by atoms with Crippen LogP contribution < -0.4 is 14.8 Å². The lowest BCUT2D eigenvalue weighted by Crippen LogP contribution is -2.28. The van der Waals surface area contributed by atoms with E-state index < -0.39 is 11.6 Å². The molecule has 0 radical (unpaired) electrons. The van der Waals surface area contributed by atoms with E-state index in [1.54, 1.807) is 0 Å². The van der Waals surface area contributed by atoms with Gasteiger partial charge in [0.15, 0.2) is 23.1 Å². The molecule has 0 saturated carbocycles. The van der Waals surface area contributed by atoms with Crippen LogP contribution in [0.2, 0.25) is 0 Å². The van der Waals surface area contributed by atoms with Crippen LogP contribution >= 0.6 is 0 Å². The van der Waals surface area contributed by atoms with Crippen LogP contribution in [-0.4, -0.2) is 20.8 Å². The van der Waals surface area contributed by atoms with Crippen LogP contribution in [-0.2, 0) is 0 Å². The standard InChI is InChI=1S/C13H17F2NO2/c1-17-10-7-8(14)12(15)11(13(10)18-2)9-5-3-4-6-16-9/h7,9,16H,3-6H2,1-2H3. The van der Waals surface area contributed by atoms with Gasteiger partial charge in [0.2, 0.25) is 0 Å². The van der Waals surface area contributed by atoms with Crippen molar-refractivity contribution in [2.75, 3.05) is 20.8 Å². The molecule has 1 unspecified atom stereocenters. The Morgan fingerprint density at radius 1 is 1.22 bits per heavy atom. The van der Waals surface area contributed by atoms with E-state index >= 15 is 0 Å². The monoisotopic (exact) mass is 257 g/mol. The van der Waals surface area contributed by atoms with E-state index in [0.29, 0.717) is 0 Å². The van der Waals surface area contributed by atoms with Crippen LogP contribution in [0.25, 0.3) is 0 Å². The molecule has 1 saturated heterocycles. The van der Waals surface area contributed by atoms with Gasteiger partial charge in [0.05, 0.1) is 19.8 Å². The molecule has 100 valence electrons. The molecule has 18 heavy (non-hydrogen) atoms. The molecular formula is C13H17F2NO2. The van der Waals surface area contributed by atoms with Gasteiger partial charge >= 0.3 is 0 Å². The summed E-state index contributed by atoms with van der Waals surface area (Å²) in [6.45, 7) is 0.798. The first-order valence-corrected chi connectivity index (χ1v) is 6.02. The second-order valence-corrected chi connectivity index (χ2v) is 4.32. The minimum absolute atomic E-state index is 0.221. The van der Waals surface area contributed by atoms with Crippen molar-refractivity contribution in [3.05, 3.63) is 23.3 Å². The Labute approximate surface area is 105 Å². The van der Waals surface area contributed by atoms with E-state index in [2.05, 4.69) is 5.32 Å². The van der Waals surface area contributed by atoms with Crippen molar-refractivity contribution >= 4 is 0 Å². The smallest absolute Gasteiger partial charge is 0.168 e. The molecule has 1 aromatic rings. The highest BCUT2D eigenvalue weighted by atomic mass is 19.2. The van der Waals surface area contributed by atoms with E-state index in [9.17, 15) is 8.78 Å². The normalized spacial score (nSPS) is 19.7. The third-order valence-electron chi connectivity index (χ3n) is 3.26. The average Bonchev–Trinajstić information content (AvgIpc) is 2.42. The highest BCUT2D eigenvalue weighted by Gasteiger charge is 2.27. The molecule has 1 aliphatic heterocycles. The summed E-state index contributed by atoms with van der Waals surface area (Å²) < 4.78 is 37.8. The van der Waals surface area contributed by atoms with Crippen molar-refractivity contribution in [3.63, 3.8) is 0 Å². The van der Waals surface area contributed by atoms with Crippen LogP contribution in [0.4, 0.5) is 8.78 Å². The lowest BCUT2D eigenvalue weighted by molar-refractivity contribution is 0.323. The average molecular weight is 257 g/mol. The summed E-state index contributed by atoms with van der Waals surface area (Å²) in [6.07, 6.45) is 2.80. The molecule has 1 heterocycles. The molecule has 0 aromatic heterocycles. The van der Waals surface area contributed by atoms with Crippen LogP contribution in [0.15, 0.2) is 6.07 Å². The van der Waals surface area contributed by atoms with Crippen molar-refractivity contribution < 1.29 is 18.3 Å². The summed E-state index contributed by atoms with van der Waals surface area (Å²) in [7, 11) is 2.84. The molecule has 1 fully saturated rings. The molecule has 2 rings (SSSR count). The van der Waals surface area contributed by atoms with E-state index in [-0.39, 0.29) is 23.1 Å². The van der Waals surface area contributed by atoms with E-state index in [0.717, 1.165) is 31.9 Å². The lowest BCUT2D eigenvalue weighted by Gasteiger charge is -2.26. The van der Waals surface area contributed by atoms with Crippen molar-refractivity contribution in [2.24, 2.45) is 0 Å². The van der Waals surface area contributed by atoms with Crippen molar-refractivity contribution in [1.82, 2.24) is 5.32 Å². The van der Waals surface area contributed by atoms with E-state index in [1.807, 2.05) is 0 Å². The highest BCUT2D eigenvalue weighted by Crippen LogP contribution is 2.40. The molecule has 0 amide bonds. The van der Waals surface area contributed by atoms with Crippen LogP contribution in [0.3, 0.4) is 0 Å². The SMILES string of the molecule is COc1cc(F)c(F)c(C2CCCCN2)c1OC. The van der Waals surface area contributed by atoms with Crippen LogP contribution in [0, 0.1) is 11.6 Å². The number of rotatable bonds is 3. The molecule has 0 aliphatic carbocycles. The zero-order valence-corrected chi connectivity index (χ0v) is 10.6. The molecule has 3 nitrogen and oxygen atoms in total. The Morgan fingerprint density at radius 2 is 2.00 bits per heavy atom. The first-order chi connectivity index (χ1) is 8.69. The summed E-state index contributed by atoms with van der Waals surface area (Å²) in [6, 6.07) is 0.791. The number of hydrogen-bond donors (Lipinski definition) is 1. The lowest BCUT2D eigenvalue weighted by atomic mass is 9.95. The largest absolute Gasteiger partial charge is 0.493 e. The third kappa shape index (κ3) is 2.27. The van der Waals surface area contributed by atoms with Crippen molar-refractivity contribution in [2.45, 2.75) is 25.3 Å². The Kier molecular flexibility index (Phi) is 4.01. The Hall–Kier alpha value is -1.36. The van der Waals surface area contributed by atoms with Gasteiger partial charge in [-0.1, -0.05) is 6.42 Å². The Bertz CT molecular complexity index is 431. The van der Waals surface area contributed by atoms with Gasteiger partial charge in [0.1, 0.15) is 0 Å². The number of nitrogens with one attached hydrogen (secondary N) is 1. The van der Waals surface area contributed by atoms with E-state index in [1.165, 1.54) is 14.2 Å². The van der Waals surface area contributed by atoms with Gasteiger partial charge < -0.3 is 14.8 Å². The maximum atomic E-state index is 14.0. The van der Waals surface area contributed by atoms with Gasteiger partial charge in [0.25, 0.3) is 0 Å². The van der Waals surface area contributed by atoms with Crippen LogP contribution in [0.1, 0.15) is 30.9 Å². The number of benzene rings is 1. The fraction of sp³-hybridized carbons (Fsp3) is 0.538. The van der Waals surface area contributed by atoms with Gasteiger partial charge in [-0.15, -0.1) is 0 Å². The fourth-order valence-corrected chi connectivity index (χ4v) is 2.38. The first-order valence-electron chi connectivity index (χ1n) is 6.02. The zero-order chi connectivity index (χ0) is 13.1. The zero-order valence-electron chi connectivity index (χ0n) is 10.6. The molecule has 1 atom stereocenters. The van der Waals surface area contributed by atoms with Crippen molar-refractivity contribution in [3.8, 4) is 11.5 Å². The maximum Gasteiger partial charge on any atom is 0.168 e. The van der Waals surface area contributed by atoms with Gasteiger partial charge in [-0.3, -0.25) is 0 Å². The molecule has 0 bridgehead atoms.